The zero-order valence-corrected chi connectivity index (χ0v) is 14.5. The molecule has 126 valence electrons. The van der Waals surface area contributed by atoms with Gasteiger partial charge in [0.25, 0.3) is 0 Å². The van der Waals surface area contributed by atoms with Gasteiger partial charge >= 0.3 is 0 Å². The van der Waals surface area contributed by atoms with Gasteiger partial charge in [0.2, 0.25) is 5.91 Å². The van der Waals surface area contributed by atoms with Crippen molar-refractivity contribution >= 4 is 29.6 Å². The van der Waals surface area contributed by atoms with Crippen LogP contribution in [0.15, 0.2) is 24.3 Å². The van der Waals surface area contributed by atoms with Crippen molar-refractivity contribution in [2.24, 2.45) is 11.8 Å². The Morgan fingerprint density at radius 1 is 1.46 bits per heavy atom. The zero-order chi connectivity index (χ0) is 17.3. The molecule has 7 heteroatoms. The first kappa shape index (κ1) is 16.6. The maximum absolute atomic E-state index is 12.5. The molecule has 1 heterocycles. The summed E-state index contributed by atoms with van der Waals surface area (Å²) in [7, 11) is 0. The predicted molar refractivity (Wildman–Crippen MR) is 93.6 cm³/mol. The van der Waals surface area contributed by atoms with Crippen LogP contribution in [0.4, 0.5) is 5.69 Å². The molecule has 0 spiro atoms. The average Bonchev–Trinajstić information content (AvgIpc) is 2.86. The fourth-order valence-electron chi connectivity index (χ4n) is 3.23. The molecule has 1 aromatic heterocycles. The number of aromatic nitrogens is 3. The summed E-state index contributed by atoms with van der Waals surface area (Å²) in [5.41, 5.74) is 1.56. The van der Waals surface area contributed by atoms with Crippen molar-refractivity contribution < 1.29 is 9.59 Å². The van der Waals surface area contributed by atoms with Gasteiger partial charge in [-0.2, -0.15) is 5.10 Å². The van der Waals surface area contributed by atoms with E-state index >= 15 is 0 Å². The van der Waals surface area contributed by atoms with Crippen LogP contribution >= 0.6 is 12.2 Å². The molecule has 2 aromatic rings. The van der Waals surface area contributed by atoms with Crippen LogP contribution in [-0.2, 0) is 9.59 Å². The summed E-state index contributed by atoms with van der Waals surface area (Å²) < 4.78 is 2.32. The van der Waals surface area contributed by atoms with Crippen molar-refractivity contribution in [3.8, 4) is 5.69 Å². The minimum Gasteiger partial charge on any atom is -0.326 e. The van der Waals surface area contributed by atoms with Crippen molar-refractivity contribution in [3.63, 3.8) is 0 Å². The third-order valence-electron chi connectivity index (χ3n) is 4.52. The lowest BCUT2D eigenvalue weighted by Gasteiger charge is -2.26. The Labute approximate surface area is 145 Å². The quantitative estimate of drug-likeness (QED) is 0.838. The van der Waals surface area contributed by atoms with E-state index in [1.807, 2.05) is 42.7 Å². The van der Waals surface area contributed by atoms with E-state index in [9.17, 15) is 9.59 Å². The number of nitrogens with zero attached hydrogens (tertiary/aromatic N) is 2. The molecule has 6 nitrogen and oxygen atoms in total. The first-order valence-electron chi connectivity index (χ1n) is 8.02. The lowest BCUT2D eigenvalue weighted by molar-refractivity contribution is -0.127. The SMILES string of the molecule is Cc1n[nH]c(=S)n1-c1cccc(NC(=O)[C@@H]2CCC(=O)C[C@H]2C)c1. The first-order chi connectivity index (χ1) is 11.5. The highest BCUT2D eigenvalue weighted by molar-refractivity contribution is 7.71. The largest absolute Gasteiger partial charge is 0.326 e. The molecule has 1 saturated carbocycles. The van der Waals surface area contributed by atoms with E-state index in [1.54, 1.807) is 0 Å². The van der Waals surface area contributed by atoms with Crippen LogP contribution in [-0.4, -0.2) is 26.5 Å². The number of carbonyl (C=O) groups is 2. The molecule has 1 aliphatic rings. The maximum Gasteiger partial charge on any atom is 0.227 e. The second kappa shape index (κ2) is 6.68. The number of amides is 1. The third kappa shape index (κ3) is 3.31. The van der Waals surface area contributed by atoms with E-state index in [-0.39, 0.29) is 23.5 Å². The highest BCUT2D eigenvalue weighted by Gasteiger charge is 2.31. The molecule has 1 fully saturated rings. The lowest BCUT2D eigenvalue weighted by atomic mass is 9.79. The average molecular weight is 344 g/mol. The molecule has 2 N–H and O–H groups in total. The second-order valence-corrected chi connectivity index (χ2v) is 6.70. The van der Waals surface area contributed by atoms with Gasteiger partial charge in [0.15, 0.2) is 4.77 Å². The molecule has 1 aromatic carbocycles. The number of hydrogen-bond donors (Lipinski definition) is 2. The first-order valence-corrected chi connectivity index (χ1v) is 8.43. The Kier molecular flexibility index (Phi) is 4.62. The van der Waals surface area contributed by atoms with E-state index in [2.05, 4.69) is 15.5 Å². The highest BCUT2D eigenvalue weighted by Crippen LogP contribution is 2.29. The summed E-state index contributed by atoms with van der Waals surface area (Å²) in [4.78, 5) is 24.0. The van der Waals surface area contributed by atoms with Crippen molar-refractivity contribution in [1.82, 2.24) is 14.8 Å². The Morgan fingerprint density at radius 2 is 2.25 bits per heavy atom. The van der Waals surface area contributed by atoms with Crippen molar-refractivity contribution in [1.29, 1.82) is 0 Å². The summed E-state index contributed by atoms with van der Waals surface area (Å²) >= 11 is 5.24. The van der Waals surface area contributed by atoms with Gasteiger partial charge in [-0.15, -0.1) is 0 Å². The lowest BCUT2D eigenvalue weighted by Crippen LogP contribution is -2.33. The minimum atomic E-state index is -0.121. The fraction of sp³-hybridized carbons (Fsp3) is 0.412. The van der Waals surface area contributed by atoms with E-state index in [1.165, 1.54) is 0 Å². The maximum atomic E-state index is 12.5. The third-order valence-corrected chi connectivity index (χ3v) is 4.79. The molecule has 0 unspecified atom stereocenters. The van der Waals surface area contributed by atoms with Crippen LogP contribution in [0, 0.1) is 23.5 Å². The van der Waals surface area contributed by atoms with Crippen LogP contribution in [0.25, 0.3) is 5.69 Å². The summed E-state index contributed by atoms with van der Waals surface area (Å²) in [6, 6.07) is 7.50. The van der Waals surface area contributed by atoms with Gasteiger partial charge in [0, 0.05) is 24.4 Å². The summed E-state index contributed by atoms with van der Waals surface area (Å²) in [5.74, 6) is 0.935. The molecular weight excluding hydrogens is 324 g/mol. The Bertz CT molecular complexity index is 839. The number of benzene rings is 1. The van der Waals surface area contributed by atoms with Crippen molar-refractivity contribution in [3.05, 3.63) is 34.9 Å². The second-order valence-electron chi connectivity index (χ2n) is 6.32. The van der Waals surface area contributed by atoms with Crippen LogP contribution < -0.4 is 5.32 Å². The van der Waals surface area contributed by atoms with Crippen LogP contribution in [0.2, 0.25) is 0 Å². The topological polar surface area (TPSA) is 79.8 Å². The molecule has 24 heavy (non-hydrogen) atoms. The Morgan fingerprint density at radius 3 is 2.92 bits per heavy atom. The molecule has 0 saturated heterocycles. The van der Waals surface area contributed by atoms with Gasteiger partial charge in [-0.05, 0) is 49.7 Å². The molecule has 1 aliphatic carbocycles. The number of rotatable bonds is 3. The van der Waals surface area contributed by atoms with E-state index in [0.717, 1.165) is 11.5 Å². The van der Waals surface area contributed by atoms with Gasteiger partial charge in [-0.1, -0.05) is 13.0 Å². The van der Waals surface area contributed by atoms with Crippen molar-refractivity contribution in [2.75, 3.05) is 5.32 Å². The summed E-state index contributed by atoms with van der Waals surface area (Å²) in [6.07, 6.45) is 1.60. The van der Waals surface area contributed by atoms with Gasteiger partial charge in [0.05, 0.1) is 5.69 Å². The van der Waals surface area contributed by atoms with Gasteiger partial charge < -0.3 is 5.32 Å². The number of anilines is 1. The number of nitrogens with one attached hydrogen (secondary N) is 2. The number of H-pyrrole nitrogens is 1. The number of Topliss-reactive ketones (excluding diaryl/α,β-unsaturated/α-hetero) is 1. The van der Waals surface area contributed by atoms with Crippen LogP contribution in [0.3, 0.4) is 0 Å². The number of ketones is 1. The van der Waals surface area contributed by atoms with Crippen LogP contribution in [0.1, 0.15) is 32.0 Å². The zero-order valence-electron chi connectivity index (χ0n) is 13.7. The number of carbonyl (C=O) groups excluding carboxylic acids is 2. The molecule has 0 aliphatic heterocycles. The van der Waals surface area contributed by atoms with E-state index in [0.29, 0.717) is 29.7 Å². The van der Waals surface area contributed by atoms with Gasteiger partial charge in [-0.3, -0.25) is 19.3 Å². The molecule has 3 rings (SSSR count). The Hall–Kier alpha value is -2.28. The molecule has 0 radical (unpaired) electrons. The number of hydrogen-bond acceptors (Lipinski definition) is 4. The molecular formula is C17H20N4O2S. The smallest absolute Gasteiger partial charge is 0.227 e. The van der Waals surface area contributed by atoms with Gasteiger partial charge in [0.1, 0.15) is 11.6 Å². The summed E-state index contributed by atoms with van der Waals surface area (Å²) in [6.45, 7) is 3.82. The number of aromatic amines is 1. The minimum absolute atomic E-state index is 0.0281. The normalized spacial score (nSPS) is 20.8. The monoisotopic (exact) mass is 344 g/mol. The van der Waals surface area contributed by atoms with E-state index in [4.69, 9.17) is 12.2 Å². The molecule has 2 atom stereocenters. The predicted octanol–water partition coefficient (Wildman–Crippen LogP) is 3.18. The molecule has 0 bridgehead atoms. The van der Waals surface area contributed by atoms with Crippen LogP contribution in [0.5, 0.6) is 0 Å². The summed E-state index contributed by atoms with van der Waals surface area (Å²) in [5, 5.41) is 9.82. The highest BCUT2D eigenvalue weighted by atomic mass is 32.1. The fourth-order valence-corrected chi connectivity index (χ4v) is 3.51. The van der Waals surface area contributed by atoms with E-state index < -0.39 is 0 Å². The number of aryl methyl sites for hydroxylation is 1. The molecule has 1 amide bonds. The van der Waals surface area contributed by atoms with Crippen molar-refractivity contribution in [2.45, 2.75) is 33.1 Å². The Balaban J connectivity index is 1.79. The standard InChI is InChI=1S/C17H20N4O2S/c1-10-8-14(22)6-7-15(10)16(23)18-12-4-3-5-13(9-12)21-11(2)19-20-17(21)24/h3-5,9-10,15H,6-8H2,1-2H3,(H,18,23)(H,20,24)/t10-,15-/m1/s1. The van der Waals surface area contributed by atoms with Gasteiger partial charge in [-0.25, -0.2) is 0 Å².